The molecule has 1 aromatic rings. The number of amides is 1. The standard InChI is InChI=1S/C15H21NO6/c1-4-22-13(18)8-15(2,20)9-16-14(19)11-6-5-10(21-3)7-12(11)17/h5-7,17,20H,4,8-9H2,1-3H3,(H,16,19)/t15-/m1/s1. The van der Waals surface area contributed by atoms with Gasteiger partial charge in [0, 0.05) is 12.6 Å². The fourth-order valence-corrected chi connectivity index (χ4v) is 1.78. The summed E-state index contributed by atoms with van der Waals surface area (Å²) in [5.74, 6) is -0.927. The lowest BCUT2D eigenvalue weighted by atomic mass is 10.0. The molecule has 0 aliphatic heterocycles. The minimum absolute atomic E-state index is 0.0488. The van der Waals surface area contributed by atoms with E-state index >= 15 is 0 Å². The number of phenols is 1. The molecule has 0 saturated heterocycles. The minimum atomic E-state index is -1.44. The first-order chi connectivity index (χ1) is 10.3. The van der Waals surface area contributed by atoms with Gasteiger partial charge in [0.2, 0.25) is 0 Å². The van der Waals surface area contributed by atoms with Crippen LogP contribution >= 0.6 is 0 Å². The molecule has 0 aliphatic carbocycles. The zero-order chi connectivity index (χ0) is 16.8. The van der Waals surface area contributed by atoms with E-state index in [9.17, 15) is 19.8 Å². The highest BCUT2D eigenvalue weighted by Gasteiger charge is 2.26. The molecule has 1 atom stereocenters. The molecule has 22 heavy (non-hydrogen) atoms. The molecule has 1 amide bonds. The van der Waals surface area contributed by atoms with Gasteiger partial charge in [0.05, 0.1) is 31.3 Å². The maximum atomic E-state index is 12.0. The second-order valence-electron chi connectivity index (χ2n) is 5.04. The molecule has 0 unspecified atom stereocenters. The van der Waals surface area contributed by atoms with E-state index in [2.05, 4.69) is 5.32 Å². The first-order valence-corrected chi connectivity index (χ1v) is 6.82. The Labute approximate surface area is 128 Å². The van der Waals surface area contributed by atoms with Crippen LogP contribution in [0.25, 0.3) is 0 Å². The van der Waals surface area contributed by atoms with Crippen LogP contribution in [0.2, 0.25) is 0 Å². The van der Waals surface area contributed by atoms with E-state index in [1.54, 1.807) is 6.92 Å². The lowest BCUT2D eigenvalue weighted by Crippen LogP contribution is -2.42. The summed E-state index contributed by atoms with van der Waals surface area (Å²) >= 11 is 0. The topological polar surface area (TPSA) is 105 Å². The molecule has 0 radical (unpaired) electrons. The van der Waals surface area contributed by atoms with Crippen molar-refractivity contribution in [1.29, 1.82) is 0 Å². The summed E-state index contributed by atoms with van der Waals surface area (Å²) in [6.45, 7) is 3.15. The van der Waals surface area contributed by atoms with E-state index in [4.69, 9.17) is 9.47 Å². The van der Waals surface area contributed by atoms with Crippen LogP contribution in [-0.4, -0.2) is 48.0 Å². The van der Waals surface area contributed by atoms with Gasteiger partial charge in [-0.15, -0.1) is 0 Å². The van der Waals surface area contributed by atoms with Crippen molar-refractivity contribution in [1.82, 2.24) is 5.32 Å². The normalized spacial score (nSPS) is 13.1. The lowest BCUT2D eigenvalue weighted by Gasteiger charge is -2.22. The number of methoxy groups -OCH3 is 1. The van der Waals surface area contributed by atoms with Gasteiger partial charge in [-0.05, 0) is 26.0 Å². The Hall–Kier alpha value is -2.28. The molecule has 7 nitrogen and oxygen atoms in total. The van der Waals surface area contributed by atoms with Gasteiger partial charge >= 0.3 is 5.97 Å². The van der Waals surface area contributed by atoms with Crippen LogP contribution in [0.5, 0.6) is 11.5 Å². The number of aromatic hydroxyl groups is 1. The van der Waals surface area contributed by atoms with Crippen LogP contribution in [0, 0.1) is 0 Å². The van der Waals surface area contributed by atoms with Crippen molar-refractivity contribution in [3.05, 3.63) is 23.8 Å². The number of hydrogen-bond donors (Lipinski definition) is 3. The van der Waals surface area contributed by atoms with Gasteiger partial charge in [-0.2, -0.15) is 0 Å². The third-order valence-electron chi connectivity index (χ3n) is 2.91. The molecule has 122 valence electrons. The number of ether oxygens (including phenoxy) is 2. The maximum absolute atomic E-state index is 12.0. The van der Waals surface area contributed by atoms with E-state index < -0.39 is 17.5 Å². The lowest BCUT2D eigenvalue weighted by molar-refractivity contribution is -0.147. The summed E-state index contributed by atoms with van der Waals surface area (Å²) in [6.07, 6.45) is -0.240. The summed E-state index contributed by atoms with van der Waals surface area (Å²) in [6, 6.07) is 4.25. The molecule has 0 aliphatic rings. The van der Waals surface area contributed by atoms with Crippen LogP contribution in [0.1, 0.15) is 30.6 Å². The van der Waals surface area contributed by atoms with Crippen molar-refractivity contribution in [3.8, 4) is 11.5 Å². The number of hydrogen-bond acceptors (Lipinski definition) is 6. The van der Waals surface area contributed by atoms with Crippen molar-refractivity contribution in [2.24, 2.45) is 0 Å². The Morgan fingerprint density at radius 1 is 1.36 bits per heavy atom. The number of benzene rings is 1. The largest absolute Gasteiger partial charge is 0.507 e. The molecule has 3 N–H and O–H groups in total. The average Bonchev–Trinajstić information content (AvgIpc) is 2.44. The molecular formula is C15H21NO6. The van der Waals surface area contributed by atoms with Crippen molar-refractivity contribution in [3.63, 3.8) is 0 Å². The maximum Gasteiger partial charge on any atom is 0.308 e. The second kappa shape index (κ2) is 7.65. The number of phenolic OH excluding ortho intramolecular Hbond substituents is 1. The van der Waals surface area contributed by atoms with Crippen molar-refractivity contribution < 1.29 is 29.3 Å². The minimum Gasteiger partial charge on any atom is -0.507 e. The number of esters is 1. The third-order valence-corrected chi connectivity index (χ3v) is 2.91. The Kier molecular flexibility index (Phi) is 6.18. The quantitative estimate of drug-likeness (QED) is 0.644. The number of rotatable bonds is 7. The predicted octanol–water partition coefficient (Wildman–Crippen LogP) is 0.835. The van der Waals surface area contributed by atoms with Crippen molar-refractivity contribution >= 4 is 11.9 Å². The van der Waals surface area contributed by atoms with Gasteiger partial charge in [-0.25, -0.2) is 0 Å². The third kappa shape index (κ3) is 5.25. The molecule has 7 heteroatoms. The van der Waals surface area contributed by atoms with Gasteiger partial charge < -0.3 is 25.0 Å². The predicted molar refractivity (Wildman–Crippen MR) is 78.9 cm³/mol. The van der Waals surface area contributed by atoms with Crippen LogP contribution in [0.4, 0.5) is 0 Å². The number of carbonyl (C=O) groups is 2. The Morgan fingerprint density at radius 3 is 2.59 bits per heavy atom. The fourth-order valence-electron chi connectivity index (χ4n) is 1.78. The Bertz CT molecular complexity index is 541. The molecular weight excluding hydrogens is 290 g/mol. The van der Waals surface area contributed by atoms with Crippen molar-refractivity contribution in [2.75, 3.05) is 20.3 Å². The van der Waals surface area contributed by atoms with Crippen LogP contribution in [0.3, 0.4) is 0 Å². The first-order valence-electron chi connectivity index (χ1n) is 6.82. The molecule has 0 aromatic heterocycles. The number of carbonyl (C=O) groups excluding carboxylic acids is 2. The molecule has 0 bridgehead atoms. The smallest absolute Gasteiger partial charge is 0.308 e. The highest BCUT2D eigenvalue weighted by Crippen LogP contribution is 2.23. The van der Waals surface area contributed by atoms with Gasteiger partial charge in [0.15, 0.2) is 0 Å². The van der Waals surface area contributed by atoms with E-state index in [1.165, 1.54) is 32.2 Å². The molecule has 0 heterocycles. The molecule has 0 fully saturated rings. The molecule has 0 spiro atoms. The summed E-state index contributed by atoms with van der Waals surface area (Å²) in [5.41, 5.74) is -1.39. The summed E-state index contributed by atoms with van der Waals surface area (Å²) < 4.78 is 9.68. The van der Waals surface area contributed by atoms with Gasteiger partial charge in [0.1, 0.15) is 11.5 Å². The highest BCUT2D eigenvalue weighted by molar-refractivity contribution is 5.97. The van der Waals surface area contributed by atoms with Crippen molar-refractivity contribution in [2.45, 2.75) is 25.9 Å². The summed E-state index contributed by atoms with van der Waals surface area (Å²) in [5, 5.41) is 22.3. The van der Waals surface area contributed by atoms with E-state index in [1.807, 2.05) is 0 Å². The molecule has 0 saturated carbocycles. The number of aliphatic hydroxyl groups is 1. The van der Waals surface area contributed by atoms with E-state index in [0.717, 1.165) is 0 Å². The van der Waals surface area contributed by atoms with Crippen LogP contribution < -0.4 is 10.1 Å². The monoisotopic (exact) mass is 311 g/mol. The van der Waals surface area contributed by atoms with E-state index in [0.29, 0.717) is 5.75 Å². The fraction of sp³-hybridized carbons (Fsp3) is 0.467. The zero-order valence-electron chi connectivity index (χ0n) is 12.9. The summed E-state index contributed by atoms with van der Waals surface area (Å²) in [4.78, 5) is 23.3. The summed E-state index contributed by atoms with van der Waals surface area (Å²) in [7, 11) is 1.45. The van der Waals surface area contributed by atoms with Gasteiger partial charge in [0.25, 0.3) is 5.91 Å². The van der Waals surface area contributed by atoms with E-state index in [-0.39, 0.29) is 30.9 Å². The Balaban J connectivity index is 2.63. The first kappa shape index (κ1) is 17.8. The van der Waals surface area contributed by atoms with Crippen LogP contribution in [0.15, 0.2) is 18.2 Å². The number of nitrogens with one attached hydrogen (secondary N) is 1. The SMILES string of the molecule is CCOC(=O)C[C@@](C)(O)CNC(=O)c1ccc(OC)cc1O. The molecule has 1 aromatic carbocycles. The Morgan fingerprint density at radius 2 is 2.05 bits per heavy atom. The molecule has 1 rings (SSSR count). The zero-order valence-corrected chi connectivity index (χ0v) is 12.9. The average molecular weight is 311 g/mol. The van der Waals surface area contributed by atoms with Crippen LogP contribution in [-0.2, 0) is 9.53 Å². The van der Waals surface area contributed by atoms with Gasteiger partial charge in [-0.1, -0.05) is 0 Å². The van der Waals surface area contributed by atoms with Gasteiger partial charge in [-0.3, -0.25) is 9.59 Å². The second-order valence-corrected chi connectivity index (χ2v) is 5.04. The highest BCUT2D eigenvalue weighted by atomic mass is 16.5.